The Hall–Kier alpha value is -1.16. The lowest BCUT2D eigenvalue weighted by atomic mass is 9.98. The molecular weight excluding hydrogens is 194 g/mol. The van der Waals surface area contributed by atoms with Gasteiger partial charge < -0.3 is 4.74 Å². The van der Waals surface area contributed by atoms with Crippen LogP contribution in [0.3, 0.4) is 0 Å². The lowest BCUT2D eigenvalue weighted by Crippen LogP contribution is -2.47. The normalized spacial score (nSPS) is 31.9. The van der Waals surface area contributed by atoms with Gasteiger partial charge >= 0.3 is 0 Å². The maximum Gasteiger partial charge on any atom is 0.256 e. The number of ether oxygens (including phenoxy) is 1. The fraction of sp³-hybridized carbons (Fsp3) is 0.636. The summed E-state index contributed by atoms with van der Waals surface area (Å²) in [5.41, 5.74) is 0.225. The van der Waals surface area contributed by atoms with Crippen LogP contribution in [-0.4, -0.2) is 35.0 Å². The van der Waals surface area contributed by atoms with E-state index in [9.17, 15) is 9.59 Å². The smallest absolute Gasteiger partial charge is 0.256 e. The van der Waals surface area contributed by atoms with Crippen LogP contribution < -0.4 is 0 Å². The third-order valence-electron chi connectivity index (χ3n) is 3.40. The number of nitrogens with zero attached hydrogens (tertiary/aromatic N) is 1. The second-order valence-corrected chi connectivity index (χ2v) is 4.22. The van der Waals surface area contributed by atoms with E-state index in [1.54, 1.807) is 6.92 Å². The summed E-state index contributed by atoms with van der Waals surface area (Å²) in [6.45, 7) is 6.19. The maximum absolute atomic E-state index is 11.7. The molecule has 0 bridgehead atoms. The van der Waals surface area contributed by atoms with Gasteiger partial charge in [-0.05, 0) is 20.3 Å². The summed E-state index contributed by atoms with van der Waals surface area (Å²) >= 11 is 0. The molecule has 2 aliphatic rings. The van der Waals surface area contributed by atoms with E-state index in [-0.39, 0.29) is 23.5 Å². The van der Waals surface area contributed by atoms with Gasteiger partial charge in [-0.1, -0.05) is 6.92 Å². The van der Waals surface area contributed by atoms with Crippen molar-refractivity contribution in [2.75, 3.05) is 6.61 Å². The van der Waals surface area contributed by atoms with Crippen LogP contribution in [-0.2, 0) is 14.3 Å². The van der Waals surface area contributed by atoms with Crippen molar-refractivity contribution in [3.05, 3.63) is 11.6 Å². The lowest BCUT2D eigenvalue weighted by molar-refractivity contribution is -0.141. The second kappa shape index (κ2) is 3.17. The van der Waals surface area contributed by atoms with Gasteiger partial charge in [-0.3, -0.25) is 14.5 Å². The zero-order chi connectivity index (χ0) is 11.2. The molecule has 0 aliphatic carbocycles. The summed E-state index contributed by atoms with van der Waals surface area (Å²) in [7, 11) is 0. The van der Waals surface area contributed by atoms with Gasteiger partial charge in [-0.15, -0.1) is 0 Å². The van der Waals surface area contributed by atoms with E-state index in [0.717, 1.165) is 6.42 Å². The fourth-order valence-electron chi connectivity index (χ4n) is 2.04. The van der Waals surface area contributed by atoms with Crippen LogP contribution in [0.5, 0.6) is 0 Å². The standard InChI is InChI=1S/C11H15NO3/c1-4-11(6-15-11)8(3)12-9(13)5-7(2)10(12)14/h5,8H,4,6H2,1-3H3. The van der Waals surface area contributed by atoms with Crippen molar-refractivity contribution in [3.63, 3.8) is 0 Å². The molecule has 0 spiro atoms. The van der Waals surface area contributed by atoms with Crippen molar-refractivity contribution in [3.8, 4) is 0 Å². The molecule has 0 aromatic heterocycles. The highest BCUT2D eigenvalue weighted by Crippen LogP contribution is 2.38. The summed E-state index contributed by atoms with van der Waals surface area (Å²) in [5.74, 6) is -0.399. The predicted molar refractivity (Wildman–Crippen MR) is 54.0 cm³/mol. The van der Waals surface area contributed by atoms with Crippen LogP contribution in [0, 0.1) is 0 Å². The van der Waals surface area contributed by atoms with Crippen LogP contribution in [0.4, 0.5) is 0 Å². The molecule has 2 rings (SSSR count). The van der Waals surface area contributed by atoms with Crippen LogP contribution in [0.1, 0.15) is 27.2 Å². The minimum atomic E-state index is -0.288. The van der Waals surface area contributed by atoms with Gasteiger partial charge in [0.2, 0.25) is 0 Å². The number of rotatable bonds is 3. The average Bonchev–Trinajstić information content (AvgIpc) is 2.93. The Labute approximate surface area is 88.9 Å². The minimum absolute atomic E-state index is 0.170. The van der Waals surface area contributed by atoms with E-state index in [1.807, 2.05) is 13.8 Å². The van der Waals surface area contributed by atoms with Gasteiger partial charge in [0.15, 0.2) is 0 Å². The quantitative estimate of drug-likeness (QED) is 0.512. The summed E-state index contributed by atoms with van der Waals surface area (Å²) in [6, 6.07) is -0.170. The number of carbonyl (C=O) groups is 2. The Bertz CT molecular complexity index is 355. The molecule has 2 heterocycles. The molecule has 0 N–H and O–H groups in total. The SMILES string of the molecule is CCC1(C(C)N2C(=O)C=C(C)C2=O)CO1. The molecule has 15 heavy (non-hydrogen) atoms. The third kappa shape index (κ3) is 1.40. The van der Waals surface area contributed by atoms with Crippen molar-refractivity contribution in [2.45, 2.75) is 38.8 Å². The summed E-state index contributed by atoms with van der Waals surface area (Å²) in [6.07, 6.45) is 2.22. The fourth-order valence-corrected chi connectivity index (χ4v) is 2.04. The van der Waals surface area contributed by atoms with Gasteiger partial charge in [0.05, 0.1) is 12.6 Å². The number of imide groups is 1. The summed E-state index contributed by atoms with van der Waals surface area (Å²) < 4.78 is 5.38. The molecule has 0 aromatic carbocycles. The molecule has 4 nitrogen and oxygen atoms in total. The van der Waals surface area contributed by atoms with Crippen molar-refractivity contribution in [1.82, 2.24) is 4.90 Å². The number of epoxide rings is 1. The molecule has 0 aromatic rings. The monoisotopic (exact) mass is 209 g/mol. The molecule has 2 aliphatic heterocycles. The van der Waals surface area contributed by atoms with Gasteiger partial charge in [0.1, 0.15) is 5.60 Å². The van der Waals surface area contributed by atoms with Gasteiger partial charge in [-0.2, -0.15) is 0 Å². The van der Waals surface area contributed by atoms with Gasteiger partial charge in [0, 0.05) is 11.6 Å². The zero-order valence-corrected chi connectivity index (χ0v) is 9.24. The maximum atomic E-state index is 11.7. The van der Waals surface area contributed by atoms with Crippen LogP contribution in [0.25, 0.3) is 0 Å². The first kappa shape index (κ1) is 10.4. The molecule has 1 fully saturated rings. The summed E-state index contributed by atoms with van der Waals surface area (Å²) in [4.78, 5) is 24.6. The second-order valence-electron chi connectivity index (χ2n) is 4.22. The first-order valence-electron chi connectivity index (χ1n) is 5.21. The minimum Gasteiger partial charge on any atom is -0.367 e. The van der Waals surface area contributed by atoms with Crippen molar-refractivity contribution >= 4 is 11.8 Å². The molecular formula is C11H15NO3. The number of hydrogen-bond donors (Lipinski definition) is 0. The zero-order valence-electron chi connectivity index (χ0n) is 9.24. The molecule has 2 unspecified atom stereocenters. The average molecular weight is 209 g/mol. The van der Waals surface area contributed by atoms with E-state index >= 15 is 0 Å². The molecule has 1 saturated heterocycles. The number of carbonyl (C=O) groups excluding carboxylic acids is 2. The molecule has 0 saturated carbocycles. The third-order valence-corrected chi connectivity index (χ3v) is 3.40. The Morgan fingerprint density at radius 1 is 1.60 bits per heavy atom. The van der Waals surface area contributed by atoms with E-state index in [4.69, 9.17) is 4.74 Å². The van der Waals surface area contributed by atoms with Crippen LogP contribution >= 0.6 is 0 Å². The van der Waals surface area contributed by atoms with Gasteiger partial charge in [0.25, 0.3) is 11.8 Å². The Morgan fingerprint density at radius 3 is 2.53 bits per heavy atom. The molecule has 2 amide bonds. The Balaban J connectivity index is 2.19. The molecule has 0 radical (unpaired) electrons. The van der Waals surface area contributed by atoms with Crippen molar-refractivity contribution < 1.29 is 14.3 Å². The van der Waals surface area contributed by atoms with E-state index in [2.05, 4.69) is 0 Å². The highest BCUT2D eigenvalue weighted by Gasteiger charge is 2.53. The molecule has 2 atom stereocenters. The summed E-state index contributed by atoms with van der Waals surface area (Å²) in [5, 5.41) is 0. The highest BCUT2D eigenvalue weighted by atomic mass is 16.6. The Morgan fingerprint density at radius 2 is 2.20 bits per heavy atom. The van der Waals surface area contributed by atoms with Crippen LogP contribution in [0.2, 0.25) is 0 Å². The molecule has 82 valence electrons. The Kier molecular flexibility index (Phi) is 2.19. The topological polar surface area (TPSA) is 49.9 Å². The lowest BCUT2D eigenvalue weighted by Gasteiger charge is -2.27. The van der Waals surface area contributed by atoms with Crippen molar-refractivity contribution in [2.24, 2.45) is 0 Å². The molecule has 4 heteroatoms. The first-order chi connectivity index (χ1) is 7.02. The van der Waals surface area contributed by atoms with Crippen molar-refractivity contribution in [1.29, 1.82) is 0 Å². The predicted octanol–water partition coefficient (Wildman–Crippen LogP) is 0.869. The first-order valence-corrected chi connectivity index (χ1v) is 5.21. The number of amides is 2. The van der Waals surface area contributed by atoms with E-state index < -0.39 is 0 Å². The highest BCUT2D eigenvalue weighted by molar-refractivity contribution is 6.16. The van der Waals surface area contributed by atoms with E-state index in [1.165, 1.54) is 11.0 Å². The largest absolute Gasteiger partial charge is 0.367 e. The van der Waals surface area contributed by atoms with Gasteiger partial charge in [-0.25, -0.2) is 0 Å². The van der Waals surface area contributed by atoms with E-state index in [0.29, 0.717) is 12.2 Å². The number of hydrogen-bond acceptors (Lipinski definition) is 3. The van der Waals surface area contributed by atoms with Crippen LogP contribution in [0.15, 0.2) is 11.6 Å².